The predicted octanol–water partition coefficient (Wildman–Crippen LogP) is 3.05. The Morgan fingerprint density at radius 3 is 2.84 bits per heavy atom. The van der Waals surface area contributed by atoms with Gasteiger partial charge in [0, 0.05) is 23.2 Å². The Labute approximate surface area is 119 Å². The van der Waals surface area contributed by atoms with E-state index < -0.39 is 0 Å². The molecule has 1 atom stereocenters. The summed E-state index contributed by atoms with van der Waals surface area (Å²) in [7, 11) is 0. The average Bonchev–Trinajstić information content (AvgIpc) is 2.38. The summed E-state index contributed by atoms with van der Waals surface area (Å²) in [5.41, 5.74) is 0.815. The van der Waals surface area contributed by atoms with E-state index in [-0.39, 0.29) is 12.0 Å². The third kappa shape index (κ3) is 3.74. The van der Waals surface area contributed by atoms with Crippen LogP contribution in [-0.2, 0) is 4.74 Å². The standard InChI is InChI=1S/C15H21NO2S/c1-11(2)19-14-7-5-4-6-13(14)15(17)16-8-9-18-12(3)10-16/h4-7,11-12H,8-10H2,1-3H3. The van der Waals surface area contributed by atoms with Crippen LogP contribution in [-0.4, -0.2) is 41.9 Å². The van der Waals surface area contributed by atoms with Gasteiger partial charge in [0.2, 0.25) is 0 Å². The molecule has 1 aliphatic heterocycles. The molecule has 1 amide bonds. The zero-order valence-electron chi connectivity index (χ0n) is 11.8. The molecular formula is C15H21NO2S. The maximum atomic E-state index is 12.6. The molecule has 1 unspecified atom stereocenters. The molecule has 0 radical (unpaired) electrons. The number of amides is 1. The summed E-state index contributed by atoms with van der Waals surface area (Å²) in [5.74, 6) is 0.124. The van der Waals surface area contributed by atoms with E-state index in [1.807, 2.05) is 36.1 Å². The minimum absolute atomic E-state index is 0.124. The number of nitrogens with zero attached hydrogens (tertiary/aromatic N) is 1. The van der Waals surface area contributed by atoms with E-state index >= 15 is 0 Å². The number of hydrogen-bond acceptors (Lipinski definition) is 3. The van der Waals surface area contributed by atoms with Crippen molar-refractivity contribution in [1.82, 2.24) is 4.90 Å². The molecule has 4 heteroatoms. The smallest absolute Gasteiger partial charge is 0.255 e. The Hall–Kier alpha value is -1.00. The van der Waals surface area contributed by atoms with Crippen LogP contribution in [0.5, 0.6) is 0 Å². The number of morpholine rings is 1. The van der Waals surface area contributed by atoms with E-state index in [0.29, 0.717) is 24.9 Å². The van der Waals surface area contributed by atoms with Crippen molar-refractivity contribution >= 4 is 17.7 Å². The molecule has 0 N–H and O–H groups in total. The molecule has 0 aromatic heterocycles. The molecule has 19 heavy (non-hydrogen) atoms. The second kappa shape index (κ2) is 6.44. The van der Waals surface area contributed by atoms with Gasteiger partial charge in [0.25, 0.3) is 5.91 Å². The Kier molecular flexibility index (Phi) is 4.88. The fourth-order valence-corrected chi connectivity index (χ4v) is 3.12. The highest BCUT2D eigenvalue weighted by Gasteiger charge is 2.24. The van der Waals surface area contributed by atoms with Gasteiger partial charge in [-0.25, -0.2) is 0 Å². The molecule has 0 saturated carbocycles. The number of carbonyl (C=O) groups excluding carboxylic acids is 1. The van der Waals surface area contributed by atoms with E-state index in [1.54, 1.807) is 11.8 Å². The van der Waals surface area contributed by atoms with E-state index in [9.17, 15) is 4.79 Å². The van der Waals surface area contributed by atoms with Crippen LogP contribution >= 0.6 is 11.8 Å². The number of benzene rings is 1. The average molecular weight is 279 g/mol. The lowest BCUT2D eigenvalue weighted by atomic mass is 10.1. The predicted molar refractivity (Wildman–Crippen MR) is 78.8 cm³/mol. The summed E-state index contributed by atoms with van der Waals surface area (Å²) in [4.78, 5) is 15.6. The minimum atomic E-state index is 0.124. The maximum Gasteiger partial charge on any atom is 0.255 e. The van der Waals surface area contributed by atoms with Crippen molar-refractivity contribution in [3.63, 3.8) is 0 Å². The van der Waals surface area contributed by atoms with Gasteiger partial charge < -0.3 is 9.64 Å². The molecule has 0 spiro atoms. The first-order chi connectivity index (χ1) is 9.08. The van der Waals surface area contributed by atoms with Gasteiger partial charge in [-0.05, 0) is 19.1 Å². The van der Waals surface area contributed by atoms with Crippen LogP contribution in [0, 0.1) is 0 Å². The van der Waals surface area contributed by atoms with Crippen LogP contribution in [0.3, 0.4) is 0 Å². The monoisotopic (exact) mass is 279 g/mol. The fourth-order valence-electron chi connectivity index (χ4n) is 2.17. The second-order valence-electron chi connectivity index (χ2n) is 5.10. The number of thioether (sulfide) groups is 1. The molecule has 1 aliphatic rings. The first-order valence-corrected chi connectivity index (χ1v) is 7.62. The lowest BCUT2D eigenvalue weighted by Crippen LogP contribution is -2.44. The van der Waals surface area contributed by atoms with Crippen LogP contribution < -0.4 is 0 Å². The first-order valence-electron chi connectivity index (χ1n) is 6.74. The van der Waals surface area contributed by atoms with E-state index in [1.165, 1.54) is 0 Å². The number of ether oxygens (including phenoxy) is 1. The third-order valence-corrected chi connectivity index (χ3v) is 4.09. The molecule has 2 rings (SSSR count). The van der Waals surface area contributed by atoms with E-state index in [2.05, 4.69) is 13.8 Å². The normalized spacial score (nSPS) is 19.8. The van der Waals surface area contributed by atoms with Crippen molar-refractivity contribution in [2.45, 2.75) is 37.0 Å². The van der Waals surface area contributed by atoms with Crippen LogP contribution in [0.15, 0.2) is 29.2 Å². The Morgan fingerprint density at radius 2 is 2.16 bits per heavy atom. The molecule has 1 saturated heterocycles. The van der Waals surface area contributed by atoms with Crippen molar-refractivity contribution in [2.24, 2.45) is 0 Å². The van der Waals surface area contributed by atoms with Gasteiger partial charge in [-0.3, -0.25) is 4.79 Å². The summed E-state index contributed by atoms with van der Waals surface area (Å²) in [6.45, 7) is 8.29. The van der Waals surface area contributed by atoms with Gasteiger partial charge in [-0.15, -0.1) is 11.8 Å². The molecule has 1 fully saturated rings. The fraction of sp³-hybridized carbons (Fsp3) is 0.533. The van der Waals surface area contributed by atoms with Gasteiger partial charge in [-0.2, -0.15) is 0 Å². The zero-order chi connectivity index (χ0) is 13.8. The van der Waals surface area contributed by atoms with Crippen molar-refractivity contribution in [3.8, 4) is 0 Å². The lowest BCUT2D eigenvalue weighted by molar-refractivity contribution is -0.0125. The largest absolute Gasteiger partial charge is 0.375 e. The summed E-state index contributed by atoms with van der Waals surface area (Å²) in [6.07, 6.45) is 0.127. The van der Waals surface area contributed by atoms with Crippen LogP contribution in [0.2, 0.25) is 0 Å². The van der Waals surface area contributed by atoms with Gasteiger partial charge in [0.1, 0.15) is 0 Å². The Balaban J connectivity index is 2.18. The van der Waals surface area contributed by atoms with Crippen molar-refractivity contribution in [3.05, 3.63) is 29.8 Å². The number of hydrogen-bond donors (Lipinski definition) is 0. The Bertz CT molecular complexity index is 448. The molecular weight excluding hydrogens is 258 g/mol. The number of rotatable bonds is 3. The van der Waals surface area contributed by atoms with Crippen molar-refractivity contribution < 1.29 is 9.53 Å². The SMILES string of the molecule is CC1CN(C(=O)c2ccccc2SC(C)C)CCO1. The van der Waals surface area contributed by atoms with Crippen molar-refractivity contribution in [1.29, 1.82) is 0 Å². The van der Waals surface area contributed by atoms with Crippen LogP contribution in [0.1, 0.15) is 31.1 Å². The minimum Gasteiger partial charge on any atom is -0.375 e. The molecule has 104 valence electrons. The lowest BCUT2D eigenvalue weighted by Gasteiger charge is -2.31. The second-order valence-corrected chi connectivity index (χ2v) is 6.71. The van der Waals surface area contributed by atoms with Gasteiger partial charge >= 0.3 is 0 Å². The molecule has 0 aliphatic carbocycles. The van der Waals surface area contributed by atoms with Gasteiger partial charge in [-0.1, -0.05) is 26.0 Å². The molecule has 3 nitrogen and oxygen atoms in total. The van der Waals surface area contributed by atoms with Crippen LogP contribution in [0.4, 0.5) is 0 Å². The highest BCUT2D eigenvalue weighted by Crippen LogP contribution is 2.27. The Morgan fingerprint density at radius 1 is 1.42 bits per heavy atom. The van der Waals surface area contributed by atoms with Gasteiger partial charge in [0.05, 0.1) is 18.3 Å². The highest BCUT2D eigenvalue weighted by atomic mass is 32.2. The van der Waals surface area contributed by atoms with Gasteiger partial charge in [0.15, 0.2) is 0 Å². The zero-order valence-corrected chi connectivity index (χ0v) is 12.6. The molecule has 1 heterocycles. The summed E-state index contributed by atoms with van der Waals surface area (Å²) in [6, 6.07) is 7.87. The maximum absolute atomic E-state index is 12.6. The molecule has 1 aromatic carbocycles. The van der Waals surface area contributed by atoms with E-state index in [0.717, 1.165) is 10.5 Å². The van der Waals surface area contributed by atoms with E-state index in [4.69, 9.17) is 4.74 Å². The topological polar surface area (TPSA) is 29.5 Å². The summed E-state index contributed by atoms with van der Waals surface area (Å²) in [5, 5.41) is 0.470. The summed E-state index contributed by atoms with van der Waals surface area (Å²) >= 11 is 1.74. The third-order valence-electron chi connectivity index (χ3n) is 3.01. The highest BCUT2D eigenvalue weighted by molar-refractivity contribution is 8.00. The first kappa shape index (κ1) is 14.4. The quantitative estimate of drug-likeness (QED) is 0.796. The van der Waals surface area contributed by atoms with Crippen LogP contribution in [0.25, 0.3) is 0 Å². The molecule has 1 aromatic rings. The van der Waals surface area contributed by atoms with Crippen molar-refractivity contribution in [2.75, 3.05) is 19.7 Å². The number of carbonyl (C=O) groups is 1. The summed E-state index contributed by atoms with van der Waals surface area (Å²) < 4.78 is 5.49. The molecule has 0 bridgehead atoms.